The standard InChI is InChI=1S/C11H11Cl2N5O2/c1-3-18-11(15-16-17-18)14-10(19)7-4-6(12)5-8(13)9(7)20-2/h4-5H,3H2,1-2H3,(H,14,15,17,19). The predicted molar refractivity (Wildman–Crippen MR) is 74.5 cm³/mol. The Hall–Kier alpha value is -1.86. The van der Waals surface area contributed by atoms with Crippen molar-refractivity contribution in [1.29, 1.82) is 0 Å². The van der Waals surface area contributed by atoms with Crippen LogP contribution in [0.4, 0.5) is 5.95 Å². The SMILES string of the molecule is CCn1nnnc1NC(=O)c1cc(Cl)cc(Cl)c1OC. The number of nitrogens with one attached hydrogen (secondary N) is 1. The van der Waals surface area contributed by atoms with E-state index in [1.807, 2.05) is 6.92 Å². The van der Waals surface area contributed by atoms with Crippen LogP contribution in [0.25, 0.3) is 0 Å². The van der Waals surface area contributed by atoms with Crippen LogP contribution < -0.4 is 10.1 Å². The first kappa shape index (κ1) is 14.5. The van der Waals surface area contributed by atoms with Gasteiger partial charge in [-0.2, -0.15) is 0 Å². The molecule has 1 aromatic carbocycles. The van der Waals surface area contributed by atoms with E-state index in [4.69, 9.17) is 27.9 Å². The summed E-state index contributed by atoms with van der Waals surface area (Å²) in [5, 5.41) is 14.1. The van der Waals surface area contributed by atoms with E-state index in [1.165, 1.54) is 23.9 Å². The van der Waals surface area contributed by atoms with E-state index < -0.39 is 5.91 Å². The van der Waals surface area contributed by atoms with Crippen molar-refractivity contribution in [2.24, 2.45) is 0 Å². The van der Waals surface area contributed by atoms with E-state index >= 15 is 0 Å². The predicted octanol–water partition coefficient (Wildman–Crippen LogP) is 2.26. The minimum Gasteiger partial charge on any atom is -0.494 e. The number of benzene rings is 1. The van der Waals surface area contributed by atoms with Gasteiger partial charge in [-0.05, 0) is 29.5 Å². The molecule has 0 fully saturated rings. The summed E-state index contributed by atoms with van der Waals surface area (Å²) in [6.07, 6.45) is 0. The van der Waals surface area contributed by atoms with Gasteiger partial charge < -0.3 is 4.74 Å². The molecule has 106 valence electrons. The molecule has 0 radical (unpaired) electrons. The number of ether oxygens (including phenoxy) is 1. The number of hydrogen-bond acceptors (Lipinski definition) is 5. The molecule has 9 heteroatoms. The number of carbonyl (C=O) groups is 1. The molecular formula is C11H11Cl2N5O2. The lowest BCUT2D eigenvalue weighted by atomic mass is 10.2. The maximum atomic E-state index is 12.2. The van der Waals surface area contributed by atoms with Gasteiger partial charge in [-0.25, -0.2) is 4.68 Å². The number of methoxy groups -OCH3 is 1. The summed E-state index contributed by atoms with van der Waals surface area (Å²) >= 11 is 11.9. The monoisotopic (exact) mass is 315 g/mol. The molecule has 0 bridgehead atoms. The summed E-state index contributed by atoms with van der Waals surface area (Å²) in [4.78, 5) is 12.2. The van der Waals surface area contributed by atoms with Crippen LogP contribution in [0.15, 0.2) is 12.1 Å². The van der Waals surface area contributed by atoms with Gasteiger partial charge in [0.1, 0.15) is 5.75 Å². The Kier molecular flexibility index (Phi) is 4.41. The number of aryl methyl sites for hydroxylation is 1. The van der Waals surface area contributed by atoms with Gasteiger partial charge >= 0.3 is 0 Å². The first-order chi connectivity index (χ1) is 9.56. The van der Waals surface area contributed by atoms with Crippen molar-refractivity contribution in [1.82, 2.24) is 20.2 Å². The first-order valence-electron chi connectivity index (χ1n) is 5.67. The van der Waals surface area contributed by atoms with Crippen LogP contribution in [0, 0.1) is 0 Å². The normalized spacial score (nSPS) is 10.4. The van der Waals surface area contributed by atoms with Gasteiger partial charge in [0, 0.05) is 11.6 Å². The van der Waals surface area contributed by atoms with Crippen LogP contribution in [-0.2, 0) is 6.54 Å². The van der Waals surface area contributed by atoms with Crippen molar-refractivity contribution in [2.75, 3.05) is 12.4 Å². The minimum absolute atomic E-state index is 0.204. The zero-order valence-corrected chi connectivity index (χ0v) is 12.2. The topological polar surface area (TPSA) is 81.9 Å². The van der Waals surface area contributed by atoms with Crippen molar-refractivity contribution >= 4 is 35.1 Å². The average molecular weight is 316 g/mol. The molecule has 2 rings (SSSR count). The molecule has 1 N–H and O–H groups in total. The van der Waals surface area contributed by atoms with E-state index in [2.05, 4.69) is 20.8 Å². The number of aromatic nitrogens is 4. The average Bonchev–Trinajstić information content (AvgIpc) is 2.85. The lowest BCUT2D eigenvalue weighted by Crippen LogP contribution is -2.17. The third kappa shape index (κ3) is 2.83. The van der Waals surface area contributed by atoms with Gasteiger partial charge in [0.25, 0.3) is 5.91 Å². The van der Waals surface area contributed by atoms with Crippen LogP contribution in [0.2, 0.25) is 10.0 Å². The zero-order valence-electron chi connectivity index (χ0n) is 10.7. The number of anilines is 1. The second kappa shape index (κ2) is 6.06. The number of nitrogens with zero attached hydrogens (tertiary/aromatic N) is 4. The summed E-state index contributed by atoms with van der Waals surface area (Å²) in [6, 6.07) is 2.95. The Bertz CT molecular complexity index is 644. The fraction of sp³-hybridized carbons (Fsp3) is 0.273. The quantitative estimate of drug-likeness (QED) is 0.935. The Labute approximate surface area is 124 Å². The number of rotatable bonds is 4. The summed E-state index contributed by atoms with van der Waals surface area (Å²) in [7, 11) is 1.42. The van der Waals surface area contributed by atoms with Crippen molar-refractivity contribution < 1.29 is 9.53 Å². The van der Waals surface area contributed by atoms with Gasteiger partial charge in [0.15, 0.2) is 0 Å². The molecule has 0 aliphatic rings. The fourth-order valence-electron chi connectivity index (χ4n) is 1.61. The molecule has 7 nitrogen and oxygen atoms in total. The molecule has 20 heavy (non-hydrogen) atoms. The molecule has 0 aliphatic carbocycles. The van der Waals surface area contributed by atoms with Crippen molar-refractivity contribution in [3.8, 4) is 5.75 Å². The van der Waals surface area contributed by atoms with Crippen LogP contribution in [-0.4, -0.2) is 33.2 Å². The maximum absolute atomic E-state index is 12.2. The smallest absolute Gasteiger partial charge is 0.261 e. The summed E-state index contributed by atoms with van der Waals surface area (Å²) < 4.78 is 6.56. The summed E-state index contributed by atoms with van der Waals surface area (Å²) in [5.74, 6) is 0.00971. The minimum atomic E-state index is -0.462. The first-order valence-corrected chi connectivity index (χ1v) is 6.43. The molecular weight excluding hydrogens is 305 g/mol. The summed E-state index contributed by atoms with van der Waals surface area (Å²) in [5.41, 5.74) is 0.204. The largest absolute Gasteiger partial charge is 0.494 e. The molecule has 0 unspecified atom stereocenters. The highest BCUT2D eigenvalue weighted by Crippen LogP contribution is 2.32. The third-order valence-electron chi connectivity index (χ3n) is 2.51. The van der Waals surface area contributed by atoms with E-state index in [0.717, 1.165) is 0 Å². The molecule has 1 heterocycles. The summed E-state index contributed by atoms with van der Waals surface area (Å²) in [6.45, 7) is 2.37. The number of tetrazole rings is 1. The highest BCUT2D eigenvalue weighted by Gasteiger charge is 2.18. The van der Waals surface area contributed by atoms with Gasteiger partial charge in [-0.1, -0.05) is 28.3 Å². The number of amides is 1. The fourth-order valence-corrected chi connectivity index (χ4v) is 2.18. The Morgan fingerprint density at radius 3 is 2.85 bits per heavy atom. The number of hydrogen-bond donors (Lipinski definition) is 1. The molecule has 1 aromatic heterocycles. The number of halogens is 2. The van der Waals surface area contributed by atoms with Crippen molar-refractivity contribution in [2.45, 2.75) is 13.5 Å². The second-order valence-corrected chi connectivity index (χ2v) is 4.58. The Morgan fingerprint density at radius 2 is 2.20 bits per heavy atom. The van der Waals surface area contributed by atoms with E-state index in [1.54, 1.807) is 0 Å². The highest BCUT2D eigenvalue weighted by atomic mass is 35.5. The van der Waals surface area contributed by atoms with Crippen LogP contribution in [0.3, 0.4) is 0 Å². The van der Waals surface area contributed by atoms with E-state index in [9.17, 15) is 4.79 Å². The van der Waals surface area contributed by atoms with Gasteiger partial charge in [0.05, 0.1) is 17.7 Å². The maximum Gasteiger partial charge on any atom is 0.261 e. The molecule has 0 atom stereocenters. The van der Waals surface area contributed by atoms with Gasteiger partial charge in [-0.15, -0.1) is 0 Å². The molecule has 0 aliphatic heterocycles. The van der Waals surface area contributed by atoms with Crippen molar-refractivity contribution in [3.05, 3.63) is 27.7 Å². The Morgan fingerprint density at radius 1 is 1.45 bits per heavy atom. The highest BCUT2D eigenvalue weighted by molar-refractivity contribution is 6.36. The van der Waals surface area contributed by atoms with E-state index in [-0.39, 0.29) is 22.3 Å². The lowest BCUT2D eigenvalue weighted by molar-refractivity contribution is 0.102. The molecule has 0 spiro atoms. The van der Waals surface area contributed by atoms with Crippen molar-refractivity contribution in [3.63, 3.8) is 0 Å². The van der Waals surface area contributed by atoms with Gasteiger partial charge in [-0.3, -0.25) is 10.1 Å². The third-order valence-corrected chi connectivity index (χ3v) is 3.01. The van der Waals surface area contributed by atoms with E-state index in [0.29, 0.717) is 11.6 Å². The van der Waals surface area contributed by atoms with Crippen LogP contribution in [0.5, 0.6) is 5.75 Å². The molecule has 1 amide bonds. The zero-order chi connectivity index (χ0) is 14.7. The lowest BCUT2D eigenvalue weighted by Gasteiger charge is -2.10. The molecule has 0 saturated carbocycles. The Balaban J connectivity index is 2.34. The number of carbonyl (C=O) groups excluding carboxylic acids is 1. The molecule has 0 saturated heterocycles. The van der Waals surface area contributed by atoms with Crippen LogP contribution in [0.1, 0.15) is 17.3 Å². The second-order valence-electron chi connectivity index (χ2n) is 3.74. The van der Waals surface area contributed by atoms with Crippen LogP contribution >= 0.6 is 23.2 Å². The molecule has 2 aromatic rings. The van der Waals surface area contributed by atoms with Gasteiger partial charge in [0.2, 0.25) is 5.95 Å².